The standard InChI is InChI=1S/C15H13N3O3/c1-20-12-5-3-4-10(8-12)14-16-13-9-11(15(19)21-2)6-7-18(13)17-14/h3-9H,1-2H3. The van der Waals surface area contributed by atoms with Gasteiger partial charge in [0, 0.05) is 11.8 Å². The lowest BCUT2D eigenvalue weighted by molar-refractivity contribution is 0.0600. The lowest BCUT2D eigenvalue weighted by Crippen LogP contribution is -2.02. The molecule has 2 heterocycles. The van der Waals surface area contributed by atoms with Crippen molar-refractivity contribution >= 4 is 11.6 Å². The van der Waals surface area contributed by atoms with Crippen LogP contribution in [0.15, 0.2) is 42.6 Å². The van der Waals surface area contributed by atoms with Crippen molar-refractivity contribution < 1.29 is 14.3 Å². The van der Waals surface area contributed by atoms with E-state index < -0.39 is 5.97 Å². The number of aromatic nitrogens is 3. The summed E-state index contributed by atoms with van der Waals surface area (Å²) in [6.07, 6.45) is 1.68. The molecular weight excluding hydrogens is 270 g/mol. The molecule has 106 valence electrons. The summed E-state index contributed by atoms with van der Waals surface area (Å²) in [5, 5.41) is 4.38. The third-order valence-corrected chi connectivity index (χ3v) is 3.09. The molecule has 3 aromatic rings. The second-order valence-corrected chi connectivity index (χ2v) is 4.38. The molecule has 0 atom stereocenters. The highest BCUT2D eigenvalue weighted by atomic mass is 16.5. The van der Waals surface area contributed by atoms with E-state index in [1.807, 2.05) is 24.3 Å². The van der Waals surface area contributed by atoms with Crippen molar-refractivity contribution in [3.63, 3.8) is 0 Å². The van der Waals surface area contributed by atoms with Gasteiger partial charge >= 0.3 is 5.97 Å². The van der Waals surface area contributed by atoms with E-state index >= 15 is 0 Å². The number of carbonyl (C=O) groups is 1. The molecule has 0 radical (unpaired) electrons. The molecule has 6 nitrogen and oxygen atoms in total. The Balaban J connectivity index is 2.06. The Kier molecular flexibility index (Phi) is 3.27. The quantitative estimate of drug-likeness (QED) is 0.689. The zero-order chi connectivity index (χ0) is 14.8. The van der Waals surface area contributed by atoms with Crippen LogP contribution in [0.25, 0.3) is 17.0 Å². The Morgan fingerprint density at radius 2 is 2.05 bits per heavy atom. The first-order valence-electron chi connectivity index (χ1n) is 6.30. The van der Waals surface area contributed by atoms with Gasteiger partial charge in [0.25, 0.3) is 0 Å². The SMILES string of the molecule is COC(=O)c1ccn2nc(-c3cccc(OC)c3)nc2c1. The summed E-state index contributed by atoms with van der Waals surface area (Å²) in [7, 11) is 2.96. The molecule has 0 N–H and O–H groups in total. The Labute approximate surface area is 120 Å². The van der Waals surface area contributed by atoms with Crippen molar-refractivity contribution in [1.82, 2.24) is 14.6 Å². The minimum Gasteiger partial charge on any atom is -0.497 e. The zero-order valence-electron chi connectivity index (χ0n) is 11.6. The molecule has 0 aliphatic rings. The number of hydrogen-bond donors (Lipinski definition) is 0. The molecule has 0 bridgehead atoms. The Hall–Kier alpha value is -2.89. The smallest absolute Gasteiger partial charge is 0.338 e. The van der Waals surface area contributed by atoms with Crippen molar-refractivity contribution in [3.05, 3.63) is 48.2 Å². The molecule has 0 fully saturated rings. The number of rotatable bonds is 3. The van der Waals surface area contributed by atoms with Crippen molar-refractivity contribution in [2.75, 3.05) is 14.2 Å². The highest BCUT2D eigenvalue weighted by Gasteiger charge is 2.11. The highest BCUT2D eigenvalue weighted by Crippen LogP contribution is 2.21. The molecule has 0 aliphatic heterocycles. The summed E-state index contributed by atoms with van der Waals surface area (Å²) in [5.74, 6) is 0.904. The lowest BCUT2D eigenvalue weighted by Gasteiger charge is -2.00. The Bertz CT molecular complexity index is 811. The van der Waals surface area contributed by atoms with Gasteiger partial charge in [-0.05, 0) is 24.3 Å². The zero-order valence-corrected chi connectivity index (χ0v) is 11.6. The van der Waals surface area contributed by atoms with Crippen LogP contribution < -0.4 is 4.74 Å². The number of methoxy groups -OCH3 is 2. The number of benzene rings is 1. The highest BCUT2D eigenvalue weighted by molar-refractivity contribution is 5.90. The van der Waals surface area contributed by atoms with Crippen LogP contribution in [0.5, 0.6) is 5.75 Å². The number of fused-ring (bicyclic) bond motifs is 1. The van der Waals surface area contributed by atoms with Crippen LogP contribution in [0.1, 0.15) is 10.4 Å². The second kappa shape index (κ2) is 5.24. The Morgan fingerprint density at radius 1 is 1.19 bits per heavy atom. The minimum absolute atomic E-state index is 0.400. The van der Waals surface area contributed by atoms with E-state index in [0.29, 0.717) is 17.0 Å². The van der Waals surface area contributed by atoms with Crippen molar-refractivity contribution in [2.24, 2.45) is 0 Å². The molecule has 3 rings (SSSR count). The van der Waals surface area contributed by atoms with Gasteiger partial charge in [-0.15, -0.1) is 5.10 Å². The van der Waals surface area contributed by atoms with Gasteiger partial charge in [-0.3, -0.25) is 0 Å². The van der Waals surface area contributed by atoms with Crippen LogP contribution in [-0.4, -0.2) is 34.8 Å². The summed E-state index contributed by atoms with van der Waals surface area (Å²) >= 11 is 0. The van der Waals surface area contributed by atoms with Crippen LogP contribution in [0.4, 0.5) is 0 Å². The average Bonchev–Trinajstić information content (AvgIpc) is 2.97. The molecule has 21 heavy (non-hydrogen) atoms. The van der Waals surface area contributed by atoms with E-state index in [1.54, 1.807) is 30.0 Å². The van der Waals surface area contributed by atoms with E-state index in [9.17, 15) is 4.79 Å². The van der Waals surface area contributed by atoms with Gasteiger partial charge < -0.3 is 9.47 Å². The summed E-state index contributed by atoms with van der Waals surface area (Å²) in [6, 6.07) is 10.8. The van der Waals surface area contributed by atoms with Crippen LogP contribution in [0, 0.1) is 0 Å². The normalized spacial score (nSPS) is 10.6. The first-order chi connectivity index (χ1) is 10.2. The summed E-state index contributed by atoms with van der Waals surface area (Å²) in [5.41, 5.74) is 1.86. The van der Waals surface area contributed by atoms with Gasteiger partial charge in [-0.1, -0.05) is 12.1 Å². The van der Waals surface area contributed by atoms with Gasteiger partial charge in [0.2, 0.25) is 0 Å². The third kappa shape index (κ3) is 2.43. The van der Waals surface area contributed by atoms with Gasteiger partial charge in [0.15, 0.2) is 11.5 Å². The van der Waals surface area contributed by atoms with Crippen LogP contribution in [-0.2, 0) is 4.74 Å². The number of nitrogens with zero attached hydrogens (tertiary/aromatic N) is 3. The number of hydrogen-bond acceptors (Lipinski definition) is 5. The fourth-order valence-electron chi connectivity index (χ4n) is 2.01. The minimum atomic E-state index is -0.400. The van der Waals surface area contributed by atoms with Crippen molar-refractivity contribution in [3.8, 4) is 17.1 Å². The van der Waals surface area contributed by atoms with Crippen molar-refractivity contribution in [2.45, 2.75) is 0 Å². The van der Waals surface area contributed by atoms with Crippen molar-refractivity contribution in [1.29, 1.82) is 0 Å². The van der Waals surface area contributed by atoms with Gasteiger partial charge in [0.05, 0.1) is 19.8 Å². The third-order valence-electron chi connectivity index (χ3n) is 3.09. The van der Waals surface area contributed by atoms with E-state index in [4.69, 9.17) is 9.47 Å². The summed E-state index contributed by atoms with van der Waals surface area (Å²) in [4.78, 5) is 15.9. The van der Waals surface area contributed by atoms with Gasteiger partial charge in [-0.2, -0.15) is 0 Å². The van der Waals surface area contributed by atoms with Gasteiger partial charge in [0.1, 0.15) is 5.75 Å². The second-order valence-electron chi connectivity index (χ2n) is 4.38. The molecule has 1 aromatic carbocycles. The molecule has 0 amide bonds. The van der Waals surface area contributed by atoms with E-state index in [2.05, 4.69) is 10.1 Å². The number of esters is 1. The van der Waals surface area contributed by atoms with Crippen LogP contribution in [0.3, 0.4) is 0 Å². The molecule has 0 saturated heterocycles. The lowest BCUT2D eigenvalue weighted by atomic mass is 10.2. The monoisotopic (exact) mass is 283 g/mol. The molecular formula is C15H13N3O3. The topological polar surface area (TPSA) is 65.7 Å². The fourth-order valence-corrected chi connectivity index (χ4v) is 2.01. The predicted octanol–water partition coefficient (Wildman–Crippen LogP) is 2.19. The number of ether oxygens (including phenoxy) is 2. The molecule has 0 spiro atoms. The molecule has 0 saturated carbocycles. The first-order valence-corrected chi connectivity index (χ1v) is 6.30. The molecule has 6 heteroatoms. The fraction of sp³-hybridized carbons (Fsp3) is 0.133. The first kappa shape index (κ1) is 13.1. The maximum absolute atomic E-state index is 11.5. The van der Waals surface area contributed by atoms with E-state index in [0.717, 1.165) is 11.3 Å². The molecule has 0 unspecified atom stereocenters. The van der Waals surface area contributed by atoms with Crippen LogP contribution >= 0.6 is 0 Å². The maximum atomic E-state index is 11.5. The largest absolute Gasteiger partial charge is 0.497 e. The summed E-state index contributed by atoms with van der Waals surface area (Å²) < 4.78 is 11.5. The summed E-state index contributed by atoms with van der Waals surface area (Å²) in [6.45, 7) is 0. The Morgan fingerprint density at radius 3 is 2.81 bits per heavy atom. The molecule has 0 aliphatic carbocycles. The maximum Gasteiger partial charge on any atom is 0.338 e. The number of pyridine rings is 1. The van der Waals surface area contributed by atoms with E-state index in [-0.39, 0.29) is 0 Å². The van der Waals surface area contributed by atoms with Gasteiger partial charge in [-0.25, -0.2) is 14.3 Å². The van der Waals surface area contributed by atoms with Crippen LogP contribution in [0.2, 0.25) is 0 Å². The average molecular weight is 283 g/mol. The van der Waals surface area contributed by atoms with E-state index in [1.165, 1.54) is 7.11 Å². The number of carbonyl (C=O) groups excluding carboxylic acids is 1. The predicted molar refractivity (Wildman–Crippen MR) is 76.3 cm³/mol. The molecule has 2 aromatic heterocycles.